The minimum atomic E-state index is 0.479. The van der Waals surface area contributed by atoms with Crippen LogP contribution in [-0.4, -0.2) is 36.5 Å². The number of hydrogen-bond donors (Lipinski definition) is 1. The smallest absolute Gasteiger partial charge is 0.0451 e. The van der Waals surface area contributed by atoms with E-state index in [2.05, 4.69) is 67.2 Å². The van der Waals surface area contributed by atoms with Gasteiger partial charge in [0, 0.05) is 37.2 Å². The molecule has 0 aromatic heterocycles. The third kappa shape index (κ3) is 6.40. The van der Waals surface area contributed by atoms with Crippen LogP contribution in [0.4, 0.5) is 0 Å². The van der Waals surface area contributed by atoms with E-state index in [1.165, 1.54) is 29.5 Å². The summed E-state index contributed by atoms with van der Waals surface area (Å²) in [7, 11) is 4.29. The highest BCUT2D eigenvalue weighted by Crippen LogP contribution is 2.22. The molecule has 142 valence electrons. The second-order valence-corrected chi connectivity index (χ2v) is 7.63. The Morgan fingerprint density at radius 1 is 1.00 bits per heavy atom. The van der Waals surface area contributed by atoms with Crippen molar-refractivity contribution in [1.29, 1.82) is 0 Å². The summed E-state index contributed by atoms with van der Waals surface area (Å²) < 4.78 is 0. The van der Waals surface area contributed by atoms with Crippen LogP contribution in [-0.2, 0) is 19.6 Å². The van der Waals surface area contributed by atoms with Crippen LogP contribution in [0.3, 0.4) is 0 Å². The minimum absolute atomic E-state index is 0.479. The van der Waals surface area contributed by atoms with Crippen molar-refractivity contribution in [3.05, 3.63) is 70.2 Å². The van der Waals surface area contributed by atoms with Crippen LogP contribution in [0.1, 0.15) is 36.5 Å². The molecule has 0 heterocycles. The van der Waals surface area contributed by atoms with E-state index in [9.17, 15) is 0 Å². The van der Waals surface area contributed by atoms with Crippen LogP contribution in [0.25, 0.3) is 0 Å². The summed E-state index contributed by atoms with van der Waals surface area (Å²) in [4.78, 5) is 4.83. The van der Waals surface area contributed by atoms with Gasteiger partial charge in [-0.25, -0.2) is 0 Å². The van der Waals surface area contributed by atoms with E-state index < -0.39 is 0 Å². The molecule has 2 rings (SSSR count). The molecule has 0 saturated heterocycles. The van der Waals surface area contributed by atoms with Crippen LogP contribution >= 0.6 is 11.6 Å². The van der Waals surface area contributed by atoms with E-state index in [-0.39, 0.29) is 0 Å². The van der Waals surface area contributed by atoms with E-state index in [4.69, 9.17) is 17.3 Å². The Balaban J connectivity index is 2.27. The van der Waals surface area contributed by atoms with E-state index in [0.29, 0.717) is 12.6 Å². The predicted molar refractivity (Wildman–Crippen MR) is 112 cm³/mol. The van der Waals surface area contributed by atoms with Crippen LogP contribution < -0.4 is 5.73 Å². The Hall–Kier alpha value is -1.39. The second-order valence-electron chi connectivity index (χ2n) is 7.23. The van der Waals surface area contributed by atoms with Crippen LogP contribution in [0.15, 0.2) is 48.5 Å². The zero-order valence-electron chi connectivity index (χ0n) is 16.3. The summed E-state index contributed by atoms with van der Waals surface area (Å²) in [5.41, 5.74) is 9.50. The molecule has 0 fully saturated rings. The maximum Gasteiger partial charge on any atom is 0.0451 e. The Kier molecular flexibility index (Phi) is 8.60. The molecule has 4 heteroatoms. The lowest BCUT2D eigenvalue weighted by atomic mass is 10.0. The molecule has 0 bridgehead atoms. The van der Waals surface area contributed by atoms with Crippen molar-refractivity contribution in [2.75, 3.05) is 20.6 Å². The summed E-state index contributed by atoms with van der Waals surface area (Å²) in [6.45, 7) is 5.62. The summed E-state index contributed by atoms with van der Waals surface area (Å²) in [6.07, 6.45) is 2.33. The van der Waals surface area contributed by atoms with Gasteiger partial charge in [0.15, 0.2) is 0 Å². The number of nitrogens with two attached hydrogens (primary N) is 1. The molecule has 0 aliphatic rings. The second kappa shape index (κ2) is 10.7. The molecular weight excluding hydrogens is 342 g/mol. The average molecular weight is 374 g/mol. The molecule has 2 aromatic carbocycles. The van der Waals surface area contributed by atoms with Gasteiger partial charge in [-0.05, 0) is 43.3 Å². The molecule has 3 nitrogen and oxygen atoms in total. The van der Waals surface area contributed by atoms with Crippen LogP contribution in [0.2, 0.25) is 5.02 Å². The number of halogens is 1. The van der Waals surface area contributed by atoms with Gasteiger partial charge in [0.1, 0.15) is 0 Å². The topological polar surface area (TPSA) is 32.5 Å². The van der Waals surface area contributed by atoms with Crippen LogP contribution in [0.5, 0.6) is 0 Å². The first kappa shape index (κ1) is 20.9. The molecule has 0 amide bonds. The van der Waals surface area contributed by atoms with E-state index in [1.807, 2.05) is 12.1 Å². The normalized spacial score (nSPS) is 12.7. The largest absolute Gasteiger partial charge is 0.326 e. The molecular formula is C22H32ClN3. The fourth-order valence-corrected chi connectivity index (χ4v) is 3.59. The number of likely N-dealkylation sites (N-methyl/N-ethyl adjacent to an activating group) is 1. The van der Waals surface area contributed by atoms with Crippen molar-refractivity contribution < 1.29 is 0 Å². The molecule has 26 heavy (non-hydrogen) atoms. The lowest BCUT2D eigenvalue weighted by Gasteiger charge is -2.34. The first-order valence-electron chi connectivity index (χ1n) is 9.43. The van der Waals surface area contributed by atoms with Gasteiger partial charge in [-0.1, -0.05) is 67.4 Å². The SMILES string of the molecule is CCC[C@@H](CN(C)C)N(Cc1cccc(CN)c1)Cc1ccccc1Cl. The quantitative estimate of drug-likeness (QED) is 0.664. The standard InChI is InChI=1S/C22H32ClN3/c1-4-8-21(17-25(2)3)26(16-20-11-5-6-12-22(20)23)15-19-10-7-9-18(13-19)14-24/h5-7,9-13,21H,4,8,14-17,24H2,1-3H3/t21-/m0/s1. The molecule has 0 spiro atoms. The average Bonchev–Trinajstić information content (AvgIpc) is 2.62. The first-order valence-corrected chi connectivity index (χ1v) is 9.81. The zero-order chi connectivity index (χ0) is 18.9. The summed E-state index contributed by atoms with van der Waals surface area (Å²) in [5.74, 6) is 0. The van der Waals surface area contributed by atoms with Crippen molar-refractivity contribution in [3.63, 3.8) is 0 Å². The first-order chi connectivity index (χ1) is 12.5. The van der Waals surface area contributed by atoms with Gasteiger partial charge in [0.05, 0.1) is 0 Å². The highest BCUT2D eigenvalue weighted by molar-refractivity contribution is 6.31. The van der Waals surface area contributed by atoms with Gasteiger partial charge in [-0.3, -0.25) is 4.90 Å². The minimum Gasteiger partial charge on any atom is -0.326 e. The Labute approximate surface area is 163 Å². The Bertz CT molecular complexity index is 672. The molecule has 0 aliphatic carbocycles. The third-order valence-corrected chi connectivity index (χ3v) is 5.03. The van der Waals surface area contributed by atoms with Crippen LogP contribution in [0, 0.1) is 0 Å². The zero-order valence-corrected chi connectivity index (χ0v) is 17.0. The molecule has 1 atom stereocenters. The van der Waals surface area contributed by atoms with Crippen molar-refractivity contribution in [1.82, 2.24) is 9.80 Å². The monoisotopic (exact) mass is 373 g/mol. The molecule has 0 saturated carbocycles. The number of nitrogens with zero attached hydrogens (tertiary/aromatic N) is 2. The van der Waals surface area contributed by atoms with Crippen molar-refractivity contribution >= 4 is 11.6 Å². The lowest BCUT2D eigenvalue weighted by Crippen LogP contribution is -2.41. The molecule has 2 aromatic rings. The Morgan fingerprint density at radius 2 is 1.73 bits per heavy atom. The van der Waals surface area contributed by atoms with Crippen molar-refractivity contribution in [2.45, 2.75) is 45.4 Å². The van der Waals surface area contributed by atoms with Gasteiger partial charge >= 0.3 is 0 Å². The van der Waals surface area contributed by atoms with Gasteiger partial charge in [-0.15, -0.1) is 0 Å². The maximum atomic E-state index is 6.45. The fraction of sp³-hybridized carbons (Fsp3) is 0.455. The maximum absolute atomic E-state index is 6.45. The van der Waals surface area contributed by atoms with Gasteiger partial charge < -0.3 is 10.6 Å². The van der Waals surface area contributed by atoms with Crippen molar-refractivity contribution in [3.8, 4) is 0 Å². The van der Waals surface area contributed by atoms with E-state index >= 15 is 0 Å². The highest BCUT2D eigenvalue weighted by Gasteiger charge is 2.20. The summed E-state index contributed by atoms with van der Waals surface area (Å²) in [6, 6.07) is 17.2. The Morgan fingerprint density at radius 3 is 2.38 bits per heavy atom. The van der Waals surface area contributed by atoms with Crippen molar-refractivity contribution in [2.24, 2.45) is 5.73 Å². The lowest BCUT2D eigenvalue weighted by molar-refractivity contribution is 0.137. The van der Waals surface area contributed by atoms with Gasteiger partial charge in [0.2, 0.25) is 0 Å². The predicted octanol–water partition coefficient (Wildman–Crippen LogP) is 4.53. The van der Waals surface area contributed by atoms with E-state index in [0.717, 1.165) is 24.7 Å². The van der Waals surface area contributed by atoms with Gasteiger partial charge in [-0.2, -0.15) is 0 Å². The fourth-order valence-electron chi connectivity index (χ4n) is 3.39. The summed E-state index contributed by atoms with van der Waals surface area (Å²) in [5, 5.41) is 0.841. The molecule has 2 N–H and O–H groups in total. The summed E-state index contributed by atoms with van der Waals surface area (Å²) >= 11 is 6.45. The van der Waals surface area contributed by atoms with Gasteiger partial charge in [0.25, 0.3) is 0 Å². The number of benzene rings is 2. The van der Waals surface area contributed by atoms with E-state index in [1.54, 1.807) is 0 Å². The molecule has 0 radical (unpaired) electrons. The number of hydrogen-bond acceptors (Lipinski definition) is 3. The third-order valence-electron chi connectivity index (χ3n) is 4.66. The molecule has 0 unspecified atom stereocenters. The molecule has 0 aliphatic heterocycles. The number of rotatable bonds is 10. The highest BCUT2D eigenvalue weighted by atomic mass is 35.5.